The molecule has 45 heavy (non-hydrogen) atoms. The van der Waals surface area contributed by atoms with Crippen molar-refractivity contribution in [2.45, 2.75) is 58.2 Å². The molecular weight excluding hydrogens is 562 g/mol. The first kappa shape index (κ1) is 30.8. The molecule has 3 aromatic rings. The summed E-state index contributed by atoms with van der Waals surface area (Å²) in [4.78, 5) is 35.1. The van der Waals surface area contributed by atoms with Gasteiger partial charge in [0.1, 0.15) is 18.5 Å². The zero-order valence-electron chi connectivity index (χ0n) is 26.9. The van der Waals surface area contributed by atoms with Crippen LogP contribution in [0.1, 0.15) is 43.0 Å². The van der Waals surface area contributed by atoms with Gasteiger partial charge in [-0.1, -0.05) is 43.3 Å². The molecule has 9 heteroatoms. The average Bonchev–Trinajstić information content (AvgIpc) is 3.03. The van der Waals surface area contributed by atoms with E-state index in [1.807, 2.05) is 0 Å². The summed E-state index contributed by atoms with van der Waals surface area (Å²) in [5, 5.41) is 2.52. The van der Waals surface area contributed by atoms with Crippen LogP contribution < -0.4 is 14.5 Å². The quantitative estimate of drug-likeness (QED) is 0.234. The summed E-state index contributed by atoms with van der Waals surface area (Å²) in [7, 11) is 2.18. The summed E-state index contributed by atoms with van der Waals surface area (Å²) in [5.74, 6) is 1.53. The van der Waals surface area contributed by atoms with Crippen molar-refractivity contribution < 1.29 is 9.53 Å². The minimum atomic E-state index is -0.225. The highest BCUT2D eigenvalue weighted by atomic mass is 16.5. The number of ether oxygens (including phenoxy) is 1. The van der Waals surface area contributed by atoms with Gasteiger partial charge in [-0.15, -0.1) is 0 Å². The summed E-state index contributed by atoms with van der Waals surface area (Å²) in [5.41, 5.74) is 4.60. The molecule has 1 saturated heterocycles. The molecule has 236 valence electrons. The fourth-order valence-corrected chi connectivity index (χ4v) is 7.17. The van der Waals surface area contributed by atoms with Crippen molar-refractivity contribution in [2.24, 2.45) is 5.92 Å². The van der Waals surface area contributed by atoms with Crippen LogP contribution in [0.4, 0.5) is 11.5 Å². The zero-order valence-corrected chi connectivity index (χ0v) is 26.9. The van der Waals surface area contributed by atoms with Crippen LogP contribution in [0.2, 0.25) is 0 Å². The number of carbonyl (C=O) groups is 1. The number of aryl methyl sites for hydroxylation is 1. The van der Waals surface area contributed by atoms with Gasteiger partial charge in [0.25, 0.3) is 0 Å². The van der Waals surface area contributed by atoms with Crippen molar-refractivity contribution in [3.8, 4) is 6.01 Å². The Labute approximate surface area is 267 Å². The Kier molecular flexibility index (Phi) is 9.22. The van der Waals surface area contributed by atoms with E-state index >= 15 is 0 Å². The van der Waals surface area contributed by atoms with Crippen molar-refractivity contribution in [3.05, 3.63) is 77.3 Å². The molecule has 1 amide bonds. The van der Waals surface area contributed by atoms with Gasteiger partial charge in [0.05, 0.1) is 12.2 Å². The van der Waals surface area contributed by atoms with E-state index in [0.717, 1.165) is 42.5 Å². The monoisotopic (exact) mass is 607 g/mol. The lowest BCUT2D eigenvalue weighted by atomic mass is 9.80. The fraction of sp³-hybridized carbons (Fsp3) is 0.500. The molecule has 1 aliphatic carbocycles. The van der Waals surface area contributed by atoms with Crippen molar-refractivity contribution in [2.75, 3.05) is 62.7 Å². The van der Waals surface area contributed by atoms with Gasteiger partial charge < -0.3 is 29.2 Å². The largest absolute Gasteiger partial charge is 0.462 e. The second kappa shape index (κ2) is 13.5. The third kappa shape index (κ3) is 6.34. The van der Waals surface area contributed by atoms with Gasteiger partial charge in [-0.3, -0.25) is 4.79 Å². The number of amides is 1. The number of hydrogen-bond donors (Lipinski definition) is 0. The van der Waals surface area contributed by atoms with E-state index < -0.39 is 0 Å². The van der Waals surface area contributed by atoms with Gasteiger partial charge in [-0.2, -0.15) is 9.97 Å². The van der Waals surface area contributed by atoms with E-state index in [4.69, 9.17) is 21.3 Å². The van der Waals surface area contributed by atoms with Gasteiger partial charge in [-0.05, 0) is 69.2 Å². The first-order valence-electron chi connectivity index (χ1n) is 16.3. The third-order valence-electron chi connectivity index (χ3n) is 10.2. The number of nitrogens with zero attached hydrogens (tertiary/aromatic N) is 7. The average molecular weight is 608 g/mol. The Morgan fingerprint density at radius 3 is 2.71 bits per heavy atom. The highest BCUT2D eigenvalue weighted by Gasteiger charge is 2.35. The first-order chi connectivity index (χ1) is 21.9. The number of piperazine rings is 1. The van der Waals surface area contributed by atoms with Gasteiger partial charge in [0.15, 0.2) is 0 Å². The van der Waals surface area contributed by atoms with Crippen LogP contribution in [0, 0.1) is 19.4 Å². The molecule has 3 heterocycles. The Morgan fingerprint density at radius 2 is 1.98 bits per heavy atom. The number of anilines is 2. The minimum Gasteiger partial charge on any atom is -0.462 e. The molecule has 0 unspecified atom stereocenters. The van der Waals surface area contributed by atoms with Crippen LogP contribution in [0.5, 0.6) is 6.01 Å². The SMILES string of the molecule is [C-]#[N+]C[C@H]1CN(c2nc(OCCN(C)[C@@H](C)C3CCC3)nc3c2CCN(c2cccc4cccc(C)c24)C3)CCN1C(=O)C=C. The van der Waals surface area contributed by atoms with Crippen molar-refractivity contribution in [1.82, 2.24) is 19.8 Å². The second-order valence-corrected chi connectivity index (χ2v) is 12.8. The summed E-state index contributed by atoms with van der Waals surface area (Å²) in [6.45, 7) is 20.5. The normalized spacial score (nSPS) is 19.2. The fourth-order valence-electron chi connectivity index (χ4n) is 7.17. The van der Waals surface area contributed by atoms with E-state index in [1.165, 1.54) is 47.4 Å². The van der Waals surface area contributed by atoms with Crippen LogP contribution >= 0.6 is 0 Å². The second-order valence-electron chi connectivity index (χ2n) is 12.8. The van der Waals surface area contributed by atoms with E-state index in [1.54, 1.807) is 4.90 Å². The molecule has 3 aliphatic rings. The summed E-state index contributed by atoms with van der Waals surface area (Å²) in [6.07, 6.45) is 6.12. The molecule has 6 rings (SSSR count). The van der Waals surface area contributed by atoms with Crippen LogP contribution in [-0.2, 0) is 17.8 Å². The number of rotatable bonds is 10. The third-order valence-corrected chi connectivity index (χ3v) is 10.2. The van der Waals surface area contributed by atoms with Crippen LogP contribution in [0.15, 0.2) is 49.1 Å². The van der Waals surface area contributed by atoms with Crippen LogP contribution in [0.3, 0.4) is 0 Å². The van der Waals surface area contributed by atoms with Crippen LogP contribution in [-0.4, -0.2) is 90.7 Å². The molecule has 0 bridgehead atoms. The molecule has 9 nitrogen and oxygen atoms in total. The predicted octanol–water partition coefficient (Wildman–Crippen LogP) is 5.12. The molecule has 1 aromatic heterocycles. The number of hydrogen-bond acceptors (Lipinski definition) is 7. The molecule has 2 atom stereocenters. The standard InChI is InChI=1S/C36H45N7O2/c1-6-33(44)43-19-18-42(23-29(43)22-37-4)35-30-16-17-41(32-15-9-14-28-13-7-10-25(2)34(28)32)24-31(30)38-36(39-35)45-21-20-40(5)26(3)27-11-8-12-27/h6-7,9-10,13-15,26-27,29H,1,8,11-12,16-24H2,2-3,5H3/t26-,29-/m0/s1. The lowest BCUT2D eigenvalue weighted by molar-refractivity contribution is -0.128. The number of benzene rings is 2. The van der Waals surface area contributed by atoms with E-state index in [2.05, 4.69) is 83.4 Å². The molecule has 2 aliphatic heterocycles. The zero-order chi connectivity index (χ0) is 31.5. The van der Waals surface area contributed by atoms with Gasteiger partial charge in [-0.25, -0.2) is 6.57 Å². The Hall–Kier alpha value is -4.16. The van der Waals surface area contributed by atoms with E-state index in [0.29, 0.717) is 44.8 Å². The summed E-state index contributed by atoms with van der Waals surface area (Å²) in [6, 6.07) is 13.7. The highest BCUT2D eigenvalue weighted by Crippen LogP contribution is 2.36. The number of carbonyl (C=O) groups excluding carboxylic acids is 1. The number of aromatic nitrogens is 2. The minimum absolute atomic E-state index is 0.127. The van der Waals surface area contributed by atoms with Gasteiger partial charge >= 0.3 is 6.01 Å². The maximum absolute atomic E-state index is 12.6. The smallest absolute Gasteiger partial charge is 0.318 e. The van der Waals surface area contributed by atoms with Crippen LogP contribution in [0.25, 0.3) is 15.6 Å². The number of fused-ring (bicyclic) bond motifs is 2. The van der Waals surface area contributed by atoms with E-state index in [9.17, 15) is 4.79 Å². The molecule has 0 radical (unpaired) electrons. The Morgan fingerprint density at radius 1 is 1.18 bits per heavy atom. The molecule has 0 N–H and O–H groups in total. The van der Waals surface area contributed by atoms with Gasteiger partial charge in [0.2, 0.25) is 12.5 Å². The first-order valence-corrected chi connectivity index (χ1v) is 16.3. The lowest BCUT2D eigenvalue weighted by Crippen LogP contribution is -2.56. The van der Waals surface area contributed by atoms with Crippen molar-refractivity contribution >= 4 is 28.2 Å². The molecule has 2 aromatic carbocycles. The number of likely N-dealkylation sites (N-methyl/N-ethyl adjacent to an activating group) is 1. The van der Waals surface area contributed by atoms with Gasteiger partial charge in [0, 0.05) is 55.4 Å². The molecule has 0 spiro atoms. The van der Waals surface area contributed by atoms with Crippen molar-refractivity contribution in [3.63, 3.8) is 0 Å². The summed E-state index contributed by atoms with van der Waals surface area (Å²) < 4.78 is 6.30. The topological polar surface area (TPSA) is 69.4 Å². The molecule has 1 saturated carbocycles. The lowest BCUT2D eigenvalue weighted by Gasteiger charge is -2.41. The Bertz CT molecular complexity index is 1590. The molecule has 2 fully saturated rings. The Balaban J connectivity index is 1.29. The maximum Gasteiger partial charge on any atom is 0.318 e. The summed E-state index contributed by atoms with van der Waals surface area (Å²) >= 11 is 0. The predicted molar refractivity (Wildman–Crippen MR) is 180 cm³/mol. The highest BCUT2D eigenvalue weighted by molar-refractivity contribution is 5.97. The maximum atomic E-state index is 12.6. The van der Waals surface area contributed by atoms with E-state index in [-0.39, 0.29) is 18.5 Å². The van der Waals surface area contributed by atoms with Crippen molar-refractivity contribution in [1.29, 1.82) is 0 Å². The molecular formula is C36H45N7O2.